The van der Waals surface area contributed by atoms with Crippen molar-refractivity contribution in [3.63, 3.8) is 0 Å². The second-order valence-electron chi connectivity index (χ2n) is 9.41. The molecule has 4 aliphatic rings. The SMILES string of the molecule is COCC1CCCN1CC1CN2CCC1CC2CNC(=O)Nc1ccc(C(C)=O)cc1. The van der Waals surface area contributed by atoms with E-state index in [-0.39, 0.29) is 11.8 Å². The molecule has 1 aromatic rings. The zero-order valence-electron chi connectivity index (χ0n) is 18.8. The molecule has 2 bridgehead atoms. The quantitative estimate of drug-likeness (QED) is 0.623. The van der Waals surface area contributed by atoms with Crippen molar-refractivity contribution in [1.29, 1.82) is 0 Å². The Balaban J connectivity index is 1.23. The zero-order chi connectivity index (χ0) is 21.8. The summed E-state index contributed by atoms with van der Waals surface area (Å²) in [6, 6.07) is 7.84. The van der Waals surface area contributed by atoms with Crippen molar-refractivity contribution in [3.8, 4) is 0 Å². The number of carbonyl (C=O) groups excluding carboxylic acids is 2. The van der Waals surface area contributed by atoms with Gasteiger partial charge >= 0.3 is 6.03 Å². The lowest BCUT2D eigenvalue weighted by Crippen LogP contribution is -2.59. The number of amides is 2. The molecule has 0 saturated carbocycles. The van der Waals surface area contributed by atoms with Crippen LogP contribution in [0.5, 0.6) is 0 Å². The van der Waals surface area contributed by atoms with Gasteiger partial charge in [-0.05, 0) is 81.8 Å². The first-order valence-electron chi connectivity index (χ1n) is 11.7. The number of urea groups is 1. The fourth-order valence-electron chi connectivity index (χ4n) is 5.66. The number of benzene rings is 1. The molecule has 0 aromatic heterocycles. The van der Waals surface area contributed by atoms with Gasteiger partial charge in [-0.15, -0.1) is 0 Å². The Labute approximate surface area is 185 Å². The molecule has 1 aromatic carbocycles. The number of piperidine rings is 3. The molecule has 4 heterocycles. The predicted molar refractivity (Wildman–Crippen MR) is 122 cm³/mol. The smallest absolute Gasteiger partial charge is 0.319 e. The molecule has 0 radical (unpaired) electrons. The summed E-state index contributed by atoms with van der Waals surface area (Å²) in [5, 5.41) is 5.92. The summed E-state index contributed by atoms with van der Waals surface area (Å²) in [5.41, 5.74) is 1.35. The molecular formula is C24H36N4O3. The van der Waals surface area contributed by atoms with Gasteiger partial charge in [0.15, 0.2) is 5.78 Å². The highest BCUT2D eigenvalue weighted by atomic mass is 16.5. The molecule has 170 valence electrons. The minimum Gasteiger partial charge on any atom is -0.383 e. The number of fused-ring (bicyclic) bond motifs is 3. The molecule has 31 heavy (non-hydrogen) atoms. The number of ketones is 1. The Morgan fingerprint density at radius 1 is 1.13 bits per heavy atom. The number of nitrogens with zero attached hydrogens (tertiary/aromatic N) is 2. The minimum atomic E-state index is -0.186. The van der Waals surface area contributed by atoms with E-state index >= 15 is 0 Å². The summed E-state index contributed by atoms with van der Waals surface area (Å²) in [7, 11) is 1.81. The molecule has 0 aliphatic carbocycles. The Kier molecular flexibility index (Phi) is 7.25. The number of methoxy groups -OCH3 is 1. The lowest BCUT2D eigenvalue weighted by Gasteiger charge is -2.51. The molecule has 4 fully saturated rings. The summed E-state index contributed by atoms with van der Waals surface area (Å²) in [6.45, 7) is 7.74. The molecule has 4 aliphatic heterocycles. The van der Waals surface area contributed by atoms with E-state index in [4.69, 9.17) is 4.74 Å². The van der Waals surface area contributed by atoms with Crippen LogP contribution in [0, 0.1) is 11.8 Å². The number of hydrogen-bond acceptors (Lipinski definition) is 5. The average Bonchev–Trinajstić information content (AvgIpc) is 3.20. The van der Waals surface area contributed by atoms with Crippen molar-refractivity contribution < 1.29 is 14.3 Å². The van der Waals surface area contributed by atoms with Crippen molar-refractivity contribution in [2.75, 3.05) is 51.8 Å². The van der Waals surface area contributed by atoms with E-state index in [0.29, 0.717) is 29.9 Å². The number of Topliss-reactive ketones (excluding diaryl/α,β-unsaturated/α-hetero) is 1. The fourth-order valence-corrected chi connectivity index (χ4v) is 5.66. The maximum atomic E-state index is 12.3. The highest BCUT2D eigenvalue weighted by Gasteiger charge is 2.41. The Bertz CT molecular complexity index is 769. The molecule has 4 saturated heterocycles. The van der Waals surface area contributed by atoms with Gasteiger partial charge in [0.2, 0.25) is 0 Å². The number of rotatable bonds is 8. The largest absolute Gasteiger partial charge is 0.383 e. The van der Waals surface area contributed by atoms with Crippen LogP contribution in [-0.2, 0) is 4.74 Å². The Morgan fingerprint density at radius 3 is 2.61 bits per heavy atom. The summed E-state index contributed by atoms with van der Waals surface area (Å²) in [4.78, 5) is 28.9. The van der Waals surface area contributed by atoms with Crippen molar-refractivity contribution in [1.82, 2.24) is 15.1 Å². The minimum absolute atomic E-state index is 0.0228. The maximum absolute atomic E-state index is 12.3. The van der Waals surface area contributed by atoms with Gasteiger partial charge in [0.1, 0.15) is 0 Å². The highest BCUT2D eigenvalue weighted by Crippen LogP contribution is 2.37. The standard InChI is InChI=1S/C24H36N4O3/c1-17(29)18-5-7-21(8-6-18)26-24(30)25-13-23-12-19-9-11-28(23)15-20(19)14-27-10-3-4-22(27)16-31-2/h5-8,19-20,22-23H,3-4,9-16H2,1-2H3,(H2,25,26,30). The lowest BCUT2D eigenvalue weighted by molar-refractivity contribution is -0.0162. The number of ether oxygens (including phenoxy) is 1. The van der Waals surface area contributed by atoms with E-state index in [1.54, 1.807) is 31.4 Å². The molecule has 2 amide bonds. The van der Waals surface area contributed by atoms with E-state index in [1.165, 1.54) is 45.7 Å². The van der Waals surface area contributed by atoms with E-state index in [9.17, 15) is 9.59 Å². The molecular weight excluding hydrogens is 392 g/mol. The molecule has 5 atom stereocenters. The van der Waals surface area contributed by atoms with Gasteiger partial charge in [0.25, 0.3) is 0 Å². The van der Waals surface area contributed by atoms with Gasteiger partial charge in [0, 0.05) is 50.1 Å². The predicted octanol–water partition coefficient (Wildman–Crippen LogP) is 2.83. The summed E-state index contributed by atoms with van der Waals surface area (Å²) in [6.07, 6.45) is 4.99. The van der Waals surface area contributed by atoms with Crippen LogP contribution in [0.2, 0.25) is 0 Å². The third-order valence-electron chi connectivity index (χ3n) is 7.39. The van der Waals surface area contributed by atoms with Crippen molar-refractivity contribution >= 4 is 17.5 Å². The Morgan fingerprint density at radius 2 is 1.94 bits per heavy atom. The van der Waals surface area contributed by atoms with Crippen LogP contribution < -0.4 is 10.6 Å². The normalized spacial score (nSPS) is 30.3. The second-order valence-corrected chi connectivity index (χ2v) is 9.41. The van der Waals surface area contributed by atoms with Gasteiger partial charge in [-0.1, -0.05) is 0 Å². The summed E-state index contributed by atoms with van der Waals surface area (Å²) in [5.74, 6) is 1.51. The van der Waals surface area contributed by atoms with Crippen LogP contribution in [0.1, 0.15) is 43.0 Å². The first-order valence-corrected chi connectivity index (χ1v) is 11.7. The number of nitrogens with one attached hydrogen (secondary N) is 2. The monoisotopic (exact) mass is 428 g/mol. The highest BCUT2D eigenvalue weighted by molar-refractivity contribution is 5.95. The van der Waals surface area contributed by atoms with Crippen molar-refractivity contribution in [2.24, 2.45) is 11.8 Å². The molecule has 7 nitrogen and oxygen atoms in total. The third-order valence-corrected chi connectivity index (χ3v) is 7.39. The van der Waals surface area contributed by atoms with Crippen LogP contribution in [0.3, 0.4) is 0 Å². The fraction of sp³-hybridized carbons (Fsp3) is 0.667. The lowest BCUT2D eigenvalue weighted by atomic mass is 9.75. The number of anilines is 1. The van der Waals surface area contributed by atoms with Crippen LogP contribution in [0.15, 0.2) is 24.3 Å². The van der Waals surface area contributed by atoms with Gasteiger partial charge in [-0.25, -0.2) is 4.79 Å². The van der Waals surface area contributed by atoms with Crippen molar-refractivity contribution in [2.45, 2.75) is 44.7 Å². The van der Waals surface area contributed by atoms with Crippen LogP contribution >= 0.6 is 0 Å². The third kappa shape index (κ3) is 5.45. The van der Waals surface area contributed by atoms with Crippen LogP contribution in [0.4, 0.5) is 10.5 Å². The Hall–Kier alpha value is -1.96. The first kappa shape index (κ1) is 22.2. The molecule has 0 spiro atoms. The van der Waals surface area contributed by atoms with Gasteiger partial charge in [0.05, 0.1) is 6.61 Å². The van der Waals surface area contributed by atoms with E-state index in [0.717, 1.165) is 31.5 Å². The summed E-state index contributed by atoms with van der Waals surface area (Å²) < 4.78 is 5.42. The van der Waals surface area contributed by atoms with Gasteiger partial charge < -0.3 is 15.4 Å². The number of likely N-dealkylation sites (tertiary alicyclic amines) is 1. The molecule has 2 N–H and O–H groups in total. The number of hydrogen-bond donors (Lipinski definition) is 2. The average molecular weight is 429 g/mol. The maximum Gasteiger partial charge on any atom is 0.319 e. The van der Waals surface area contributed by atoms with Crippen molar-refractivity contribution in [3.05, 3.63) is 29.8 Å². The molecule has 5 unspecified atom stereocenters. The first-order chi connectivity index (χ1) is 15.0. The van der Waals surface area contributed by atoms with Gasteiger partial charge in [-0.3, -0.25) is 14.6 Å². The molecule has 5 rings (SSSR count). The molecule has 7 heteroatoms. The van der Waals surface area contributed by atoms with Crippen LogP contribution in [-0.4, -0.2) is 80.1 Å². The van der Waals surface area contributed by atoms with E-state index in [1.807, 2.05) is 0 Å². The zero-order valence-corrected chi connectivity index (χ0v) is 18.8. The topological polar surface area (TPSA) is 73.9 Å². The second kappa shape index (κ2) is 10.1. The van der Waals surface area contributed by atoms with Crippen LogP contribution in [0.25, 0.3) is 0 Å². The number of carbonyl (C=O) groups is 2. The summed E-state index contributed by atoms with van der Waals surface area (Å²) >= 11 is 0. The van der Waals surface area contributed by atoms with Gasteiger partial charge in [-0.2, -0.15) is 0 Å². The van der Waals surface area contributed by atoms with E-state index < -0.39 is 0 Å². The van der Waals surface area contributed by atoms with E-state index in [2.05, 4.69) is 20.4 Å².